The van der Waals surface area contributed by atoms with Gasteiger partial charge in [0.05, 0.1) is 5.56 Å². The monoisotopic (exact) mass is 422 g/mol. The molecule has 1 aliphatic rings. The molecule has 3 heteroatoms. The van der Waals surface area contributed by atoms with Crippen LogP contribution in [0.4, 0.5) is 0 Å². The third kappa shape index (κ3) is 6.66. The molecular formula is C28H38O3. The van der Waals surface area contributed by atoms with Crippen LogP contribution in [0.2, 0.25) is 0 Å². The SMILES string of the molecule is CCCCCCCCCCCCCCCCc1cc2c(o1)C(=O)c1ccccc1C2=O. The van der Waals surface area contributed by atoms with Gasteiger partial charge in [0.15, 0.2) is 11.5 Å². The van der Waals surface area contributed by atoms with E-state index >= 15 is 0 Å². The van der Waals surface area contributed by atoms with Gasteiger partial charge >= 0.3 is 0 Å². The number of benzene rings is 1. The van der Waals surface area contributed by atoms with Crippen LogP contribution in [0.5, 0.6) is 0 Å². The van der Waals surface area contributed by atoms with Gasteiger partial charge in [-0.1, -0.05) is 115 Å². The van der Waals surface area contributed by atoms with Crippen molar-refractivity contribution in [3.8, 4) is 0 Å². The van der Waals surface area contributed by atoms with E-state index in [1.165, 1.54) is 83.5 Å². The van der Waals surface area contributed by atoms with Crippen LogP contribution in [-0.4, -0.2) is 11.6 Å². The second-order valence-corrected chi connectivity index (χ2v) is 9.01. The van der Waals surface area contributed by atoms with Crippen molar-refractivity contribution in [1.29, 1.82) is 0 Å². The van der Waals surface area contributed by atoms with E-state index < -0.39 is 0 Å². The summed E-state index contributed by atoms with van der Waals surface area (Å²) in [5.41, 5.74) is 1.38. The van der Waals surface area contributed by atoms with Crippen LogP contribution < -0.4 is 0 Å². The van der Waals surface area contributed by atoms with E-state index in [9.17, 15) is 9.59 Å². The Labute approximate surface area is 187 Å². The van der Waals surface area contributed by atoms with Crippen molar-refractivity contribution in [3.63, 3.8) is 0 Å². The number of hydrogen-bond acceptors (Lipinski definition) is 3. The number of fused-ring (bicyclic) bond motifs is 2. The summed E-state index contributed by atoms with van der Waals surface area (Å²) in [6.07, 6.45) is 19.4. The lowest BCUT2D eigenvalue weighted by molar-refractivity contribution is 0.0959. The van der Waals surface area contributed by atoms with Crippen LogP contribution in [0, 0.1) is 0 Å². The first-order valence-corrected chi connectivity index (χ1v) is 12.5. The first kappa shape index (κ1) is 23.5. The third-order valence-electron chi connectivity index (χ3n) is 6.43. The molecule has 0 radical (unpaired) electrons. The lowest BCUT2D eigenvalue weighted by atomic mass is 9.88. The van der Waals surface area contributed by atoms with Gasteiger partial charge < -0.3 is 4.42 Å². The molecule has 1 aliphatic carbocycles. The molecule has 1 heterocycles. The van der Waals surface area contributed by atoms with E-state index in [-0.39, 0.29) is 17.3 Å². The smallest absolute Gasteiger partial charge is 0.229 e. The van der Waals surface area contributed by atoms with E-state index in [2.05, 4.69) is 6.92 Å². The van der Waals surface area contributed by atoms with Crippen molar-refractivity contribution in [2.75, 3.05) is 0 Å². The van der Waals surface area contributed by atoms with Gasteiger partial charge in [-0.05, 0) is 12.5 Å². The van der Waals surface area contributed by atoms with Gasteiger partial charge in [-0.2, -0.15) is 0 Å². The topological polar surface area (TPSA) is 47.3 Å². The number of ketones is 2. The number of rotatable bonds is 15. The molecule has 31 heavy (non-hydrogen) atoms. The van der Waals surface area contributed by atoms with E-state index in [0.717, 1.165) is 18.6 Å². The molecule has 168 valence electrons. The predicted molar refractivity (Wildman–Crippen MR) is 126 cm³/mol. The van der Waals surface area contributed by atoms with Crippen LogP contribution in [0.25, 0.3) is 0 Å². The highest BCUT2D eigenvalue weighted by molar-refractivity contribution is 6.27. The van der Waals surface area contributed by atoms with E-state index in [0.29, 0.717) is 16.7 Å². The molecule has 0 amide bonds. The summed E-state index contributed by atoms with van der Waals surface area (Å²) < 4.78 is 5.79. The van der Waals surface area contributed by atoms with Gasteiger partial charge in [-0.15, -0.1) is 0 Å². The van der Waals surface area contributed by atoms with E-state index in [1.54, 1.807) is 30.3 Å². The van der Waals surface area contributed by atoms with Crippen LogP contribution in [-0.2, 0) is 6.42 Å². The summed E-state index contributed by atoms with van der Waals surface area (Å²) in [7, 11) is 0. The number of hydrogen-bond donors (Lipinski definition) is 0. The zero-order valence-electron chi connectivity index (χ0n) is 19.2. The van der Waals surface area contributed by atoms with Gasteiger partial charge in [0.1, 0.15) is 5.76 Å². The highest BCUT2D eigenvalue weighted by atomic mass is 16.3. The van der Waals surface area contributed by atoms with Crippen LogP contribution in [0.15, 0.2) is 34.7 Å². The van der Waals surface area contributed by atoms with Crippen LogP contribution in [0.3, 0.4) is 0 Å². The average Bonchev–Trinajstić information content (AvgIpc) is 3.22. The molecule has 0 unspecified atom stereocenters. The number of furan rings is 1. The molecule has 0 bridgehead atoms. The summed E-state index contributed by atoms with van der Waals surface area (Å²) in [5.74, 6) is 0.723. The number of carbonyl (C=O) groups excluding carboxylic acids is 2. The van der Waals surface area contributed by atoms with E-state index in [1.807, 2.05) is 0 Å². The van der Waals surface area contributed by atoms with Crippen molar-refractivity contribution in [2.45, 2.75) is 103 Å². The van der Waals surface area contributed by atoms with E-state index in [4.69, 9.17) is 4.42 Å². The molecule has 3 rings (SSSR count). The van der Waals surface area contributed by atoms with Crippen molar-refractivity contribution in [2.24, 2.45) is 0 Å². The quantitative estimate of drug-likeness (QED) is 0.233. The Morgan fingerprint density at radius 2 is 1.10 bits per heavy atom. The standard InChI is InChI=1S/C28H38O3/c1-2-3-4-5-6-7-8-9-10-11-12-13-14-15-18-22-21-25-26(29)23-19-16-17-20-24(23)27(30)28(25)31-22/h16-17,19-21H,2-15,18H2,1H3. The molecule has 0 aliphatic heterocycles. The highest BCUT2D eigenvalue weighted by Gasteiger charge is 2.33. The lowest BCUT2D eigenvalue weighted by Gasteiger charge is -2.11. The van der Waals surface area contributed by atoms with Crippen molar-refractivity contribution in [3.05, 3.63) is 58.5 Å². The lowest BCUT2D eigenvalue weighted by Crippen LogP contribution is -2.18. The normalized spacial score (nSPS) is 12.8. The predicted octanol–water partition coefficient (Wildman–Crippen LogP) is 8.08. The number of unbranched alkanes of at least 4 members (excludes halogenated alkanes) is 13. The molecule has 0 spiro atoms. The summed E-state index contributed by atoms with van der Waals surface area (Å²) in [6.45, 7) is 2.27. The highest BCUT2D eigenvalue weighted by Crippen LogP contribution is 2.30. The van der Waals surface area contributed by atoms with Crippen molar-refractivity contribution in [1.82, 2.24) is 0 Å². The molecule has 3 nitrogen and oxygen atoms in total. The number of carbonyl (C=O) groups is 2. The summed E-state index contributed by atoms with van der Waals surface area (Å²) in [6, 6.07) is 8.79. The minimum Gasteiger partial charge on any atom is -0.457 e. The van der Waals surface area contributed by atoms with Gasteiger partial charge in [0.25, 0.3) is 0 Å². The summed E-state index contributed by atoms with van der Waals surface area (Å²) >= 11 is 0. The summed E-state index contributed by atoms with van der Waals surface area (Å²) in [4.78, 5) is 25.3. The summed E-state index contributed by atoms with van der Waals surface area (Å²) in [5, 5.41) is 0. The molecule has 0 fully saturated rings. The first-order chi connectivity index (χ1) is 15.2. The molecular weight excluding hydrogens is 384 g/mol. The molecule has 0 atom stereocenters. The Morgan fingerprint density at radius 1 is 0.613 bits per heavy atom. The minimum atomic E-state index is -0.169. The zero-order valence-corrected chi connectivity index (χ0v) is 19.2. The van der Waals surface area contributed by atoms with Crippen LogP contribution in [0.1, 0.15) is 135 Å². The Hall–Kier alpha value is -2.16. The molecule has 0 saturated carbocycles. The maximum atomic E-state index is 12.7. The van der Waals surface area contributed by atoms with Crippen molar-refractivity contribution < 1.29 is 14.0 Å². The largest absolute Gasteiger partial charge is 0.457 e. The van der Waals surface area contributed by atoms with Gasteiger partial charge in [-0.3, -0.25) is 9.59 Å². The van der Waals surface area contributed by atoms with Gasteiger partial charge in [0.2, 0.25) is 5.78 Å². The number of aryl methyl sites for hydroxylation is 1. The fraction of sp³-hybridized carbons (Fsp3) is 0.571. The maximum Gasteiger partial charge on any atom is 0.229 e. The molecule has 0 saturated heterocycles. The Kier molecular flexibility index (Phi) is 9.58. The second kappa shape index (κ2) is 12.6. The Bertz CT molecular complexity index is 793. The Balaban J connectivity index is 1.26. The van der Waals surface area contributed by atoms with Gasteiger partial charge in [-0.25, -0.2) is 0 Å². The average molecular weight is 423 g/mol. The second-order valence-electron chi connectivity index (χ2n) is 9.01. The minimum absolute atomic E-state index is 0.0961. The third-order valence-corrected chi connectivity index (χ3v) is 6.43. The molecule has 2 aromatic rings. The van der Waals surface area contributed by atoms with Crippen molar-refractivity contribution >= 4 is 11.6 Å². The maximum absolute atomic E-state index is 12.7. The fourth-order valence-corrected chi connectivity index (χ4v) is 4.54. The fourth-order valence-electron chi connectivity index (χ4n) is 4.54. The molecule has 0 N–H and O–H groups in total. The molecule has 1 aromatic heterocycles. The first-order valence-electron chi connectivity index (χ1n) is 12.5. The zero-order chi connectivity index (χ0) is 21.9. The van der Waals surface area contributed by atoms with Gasteiger partial charge in [0, 0.05) is 17.5 Å². The molecule has 1 aromatic carbocycles. The Morgan fingerprint density at radius 3 is 1.65 bits per heavy atom. The van der Waals surface area contributed by atoms with Crippen LogP contribution >= 0.6 is 0 Å².